The van der Waals surface area contributed by atoms with Crippen LogP contribution in [0.1, 0.15) is 25.3 Å². The maximum absolute atomic E-state index is 14.0. The van der Waals surface area contributed by atoms with Gasteiger partial charge in [0.2, 0.25) is 4.96 Å². The first-order valence-corrected chi connectivity index (χ1v) is 10.3. The van der Waals surface area contributed by atoms with E-state index in [2.05, 4.69) is 17.0 Å². The Morgan fingerprint density at radius 3 is 2.72 bits per heavy atom. The molecule has 2 aromatic heterocycles. The molecule has 29 heavy (non-hydrogen) atoms. The number of aromatic nitrogens is 3. The zero-order valence-electron chi connectivity index (χ0n) is 15.6. The first kappa shape index (κ1) is 19.5. The van der Waals surface area contributed by atoms with Crippen LogP contribution in [0.2, 0.25) is 5.02 Å². The van der Waals surface area contributed by atoms with E-state index in [0.717, 1.165) is 35.5 Å². The van der Waals surface area contributed by atoms with Crippen molar-refractivity contribution >= 4 is 34.0 Å². The quantitative estimate of drug-likeness (QED) is 0.428. The smallest absolute Gasteiger partial charge is 0.291 e. The molecule has 0 spiro atoms. The Balaban J connectivity index is 1.65. The molecule has 5 nitrogen and oxygen atoms in total. The van der Waals surface area contributed by atoms with Gasteiger partial charge in [-0.2, -0.15) is 9.50 Å². The summed E-state index contributed by atoms with van der Waals surface area (Å²) in [5.74, 6) is 0.744. The lowest BCUT2D eigenvalue weighted by atomic mass is 10.2. The van der Waals surface area contributed by atoms with Gasteiger partial charge in [-0.15, -0.1) is 5.10 Å². The van der Waals surface area contributed by atoms with Crippen molar-refractivity contribution in [2.24, 2.45) is 0 Å². The summed E-state index contributed by atoms with van der Waals surface area (Å²) in [4.78, 5) is 17.5. The molecule has 4 aromatic rings. The number of unbranched alkanes of at least 4 members (excludes halogenated alkanes) is 1. The van der Waals surface area contributed by atoms with Crippen molar-refractivity contribution in [2.45, 2.75) is 19.8 Å². The summed E-state index contributed by atoms with van der Waals surface area (Å²) >= 11 is 7.19. The molecule has 0 fully saturated rings. The van der Waals surface area contributed by atoms with E-state index in [0.29, 0.717) is 21.9 Å². The molecule has 0 unspecified atom stereocenters. The van der Waals surface area contributed by atoms with Crippen molar-refractivity contribution in [3.8, 4) is 17.1 Å². The van der Waals surface area contributed by atoms with Crippen LogP contribution >= 0.6 is 22.9 Å². The minimum Gasteiger partial charge on any atom is -0.494 e. The van der Waals surface area contributed by atoms with Crippen molar-refractivity contribution < 1.29 is 9.13 Å². The van der Waals surface area contributed by atoms with E-state index in [9.17, 15) is 9.18 Å². The molecule has 0 bridgehead atoms. The Labute approximate surface area is 175 Å². The Kier molecular flexibility index (Phi) is 5.60. The average Bonchev–Trinajstić information content (AvgIpc) is 3.25. The second-order valence-electron chi connectivity index (χ2n) is 6.41. The molecule has 0 aliphatic heterocycles. The summed E-state index contributed by atoms with van der Waals surface area (Å²) in [5.41, 5.74) is 0.600. The fourth-order valence-corrected chi connectivity index (χ4v) is 3.88. The molecule has 0 radical (unpaired) electrons. The van der Waals surface area contributed by atoms with Gasteiger partial charge in [0, 0.05) is 11.1 Å². The second kappa shape index (κ2) is 8.31. The number of hydrogen-bond acceptors (Lipinski definition) is 5. The van der Waals surface area contributed by atoms with Crippen molar-refractivity contribution in [3.63, 3.8) is 0 Å². The molecule has 4 rings (SSSR count). The van der Waals surface area contributed by atoms with Gasteiger partial charge in [0.1, 0.15) is 11.6 Å². The zero-order chi connectivity index (χ0) is 20.4. The van der Waals surface area contributed by atoms with E-state index < -0.39 is 5.82 Å². The first-order valence-electron chi connectivity index (χ1n) is 9.15. The van der Waals surface area contributed by atoms with Gasteiger partial charge in [-0.3, -0.25) is 4.79 Å². The van der Waals surface area contributed by atoms with E-state index in [1.54, 1.807) is 6.07 Å². The summed E-state index contributed by atoms with van der Waals surface area (Å²) in [7, 11) is 0. The molecule has 0 atom stereocenters. The average molecular weight is 430 g/mol. The number of thiazole rings is 1. The van der Waals surface area contributed by atoms with Gasteiger partial charge in [0.15, 0.2) is 5.82 Å². The zero-order valence-corrected chi connectivity index (χ0v) is 17.1. The Bertz CT molecular complexity index is 1250. The van der Waals surface area contributed by atoms with Crippen LogP contribution in [0, 0.1) is 5.82 Å². The third kappa shape index (κ3) is 4.02. The number of benzene rings is 2. The van der Waals surface area contributed by atoms with Crippen LogP contribution in [-0.4, -0.2) is 21.2 Å². The number of fused-ring (bicyclic) bond motifs is 1. The fraction of sp³-hybridized carbons (Fsp3) is 0.190. The van der Waals surface area contributed by atoms with Gasteiger partial charge >= 0.3 is 0 Å². The van der Waals surface area contributed by atoms with E-state index >= 15 is 0 Å². The predicted molar refractivity (Wildman–Crippen MR) is 113 cm³/mol. The van der Waals surface area contributed by atoms with Crippen LogP contribution in [0.4, 0.5) is 4.39 Å². The van der Waals surface area contributed by atoms with Crippen molar-refractivity contribution in [1.82, 2.24) is 14.6 Å². The molecule has 8 heteroatoms. The normalized spacial score (nSPS) is 12.0. The monoisotopic (exact) mass is 429 g/mol. The largest absolute Gasteiger partial charge is 0.494 e. The fourth-order valence-electron chi connectivity index (χ4n) is 2.77. The predicted octanol–water partition coefficient (Wildman–Crippen LogP) is 4.34. The lowest BCUT2D eigenvalue weighted by Gasteiger charge is -2.05. The van der Waals surface area contributed by atoms with Gasteiger partial charge in [0.25, 0.3) is 5.56 Å². The maximum Gasteiger partial charge on any atom is 0.291 e. The minimum absolute atomic E-state index is 0.176. The molecular formula is C21H17ClFN3O2S. The SMILES string of the molecule is CCCCOc1ccc(-c2nc3sc(=Cc4c(F)cccc4Cl)c(=O)n3n2)cc1. The Morgan fingerprint density at radius 2 is 2.03 bits per heavy atom. The third-order valence-electron chi connectivity index (χ3n) is 4.34. The summed E-state index contributed by atoms with van der Waals surface area (Å²) in [5, 5.41) is 4.55. The van der Waals surface area contributed by atoms with E-state index in [-0.39, 0.29) is 16.1 Å². The highest BCUT2D eigenvalue weighted by molar-refractivity contribution is 7.15. The first-order chi connectivity index (χ1) is 14.1. The van der Waals surface area contributed by atoms with E-state index in [1.165, 1.54) is 22.7 Å². The van der Waals surface area contributed by atoms with Crippen molar-refractivity contribution in [1.29, 1.82) is 0 Å². The number of halogens is 2. The topological polar surface area (TPSA) is 56.5 Å². The molecule has 0 aliphatic rings. The lowest BCUT2D eigenvalue weighted by Crippen LogP contribution is -2.23. The van der Waals surface area contributed by atoms with Crippen LogP contribution in [0.5, 0.6) is 5.75 Å². The molecule has 0 amide bonds. The van der Waals surface area contributed by atoms with E-state index in [1.807, 2.05) is 24.3 Å². The van der Waals surface area contributed by atoms with Crippen LogP contribution in [0.25, 0.3) is 22.4 Å². The maximum atomic E-state index is 14.0. The van der Waals surface area contributed by atoms with Gasteiger partial charge in [-0.25, -0.2) is 4.39 Å². The van der Waals surface area contributed by atoms with Gasteiger partial charge in [0.05, 0.1) is 16.2 Å². The number of rotatable bonds is 6. The molecule has 0 N–H and O–H groups in total. The second-order valence-corrected chi connectivity index (χ2v) is 7.82. The standard InChI is InChI=1S/C21H17ClFN3O2S/c1-2-3-11-28-14-9-7-13(8-10-14)19-24-21-26(25-19)20(27)18(29-21)12-15-16(22)5-4-6-17(15)23/h4-10,12H,2-3,11H2,1H3. The summed E-state index contributed by atoms with van der Waals surface area (Å²) in [6, 6.07) is 11.8. The summed E-state index contributed by atoms with van der Waals surface area (Å²) < 4.78 is 21.2. The van der Waals surface area contributed by atoms with Crippen LogP contribution < -0.4 is 14.8 Å². The van der Waals surface area contributed by atoms with Crippen LogP contribution in [-0.2, 0) is 0 Å². The van der Waals surface area contributed by atoms with E-state index in [4.69, 9.17) is 16.3 Å². The van der Waals surface area contributed by atoms with Gasteiger partial charge in [-0.05, 0) is 48.9 Å². The van der Waals surface area contributed by atoms with Crippen molar-refractivity contribution in [3.05, 3.63) is 73.8 Å². The van der Waals surface area contributed by atoms with Gasteiger partial charge < -0.3 is 4.74 Å². The molecule has 148 valence electrons. The van der Waals surface area contributed by atoms with Crippen LogP contribution in [0.3, 0.4) is 0 Å². The number of ether oxygens (including phenoxy) is 1. The molecule has 0 saturated carbocycles. The van der Waals surface area contributed by atoms with Gasteiger partial charge in [-0.1, -0.05) is 42.3 Å². The highest BCUT2D eigenvalue weighted by Crippen LogP contribution is 2.22. The molecular weight excluding hydrogens is 413 g/mol. The summed E-state index contributed by atoms with van der Waals surface area (Å²) in [6.07, 6.45) is 3.51. The molecule has 2 heterocycles. The molecule has 0 aliphatic carbocycles. The molecule has 0 saturated heterocycles. The number of hydrogen-bond donors (Lipinski definition) is 0. The highest BCUT2D eigenvalue weighted by Gasteiger charge is 2.13. The third-order valence-corrected chi connectivity index (χ3v) is 5.62. The Hall–Kier alpha value is -2.77. The highest BCUT2D eigenvalue weighted by atomic mass is 35.5. The lowest BCUT2D eigenvalue weighted by molar-refractivity contribution is 0.309. The Morgan fingerprint density at radius 1 is 1.24 bits per heavy atom. The van der Waals surface area contributed by atoms with Crippen molar-refractivity contribution in [2.75, 3.05) is 6.61 Å². The molecule has 2 aromatic carbocycles. The summed E-state index contributed by atoms with van der Waals surface area (Å²) in [6.45, 7) is 2.79. The minimum atomic E-state index is -0.488. The van der Waals surface area contributed by atoms with Crippen LogP contribution in [0.15, 0.2) is 47.3 Å². The number of nitrogens with zero attached hydrogens (tertiary/aromatic N) is 3.